The van der Waals surface area contributed by atoms with Crippen LogP contribution in [0, 0.1) is 6.92 Å². The Kier molecular flexibility index (Phi) is 3.28. The minimum Gasteiger partial charge on any atom is -0.305 e. The van der Waals surface area contributed by atoms with Gasteiger partial charge in [0.2, 0.25) is 0 Å². The predicted octanol–water partition coefficient (Wildman–Crippen LogP) is 2.74. The number of nitrogens with one attached hydrogen (secondary N) is 1. The number of aromatic nitrogens is 2. The van der Waals surface area contributed by atoms with Crippen LogP contribution in [0.4, 0.5) is 5.82 Å². The molecule has 1 heterocycles. The maximum Gasteiger partial charge on any atom is 0.258 e. The van der Waals surface area contributed by atoms with Crippen molar-refractivity contribution < 1.29 is 4.79 Å². The molecule has 0 fully saturated rings. The topological polar surface area (TPSA) is 46.9 Å². The molecule has 1 amide bonds. The van der Waals surface area contributed by atoms with Crippen LogP contribution in [0.25, 0.3) is 0 Å². The van der Waals surface area contributed by atoms with Gasteiger partial charge in [-0.25, -0.2) is 0 Å². The van der Waals surface area contributed by atoms with E-state index in [2.05, 4.69) is 26.3 Å². The second-order valence-electron chi connectivity index (χ2n) is 3.77. The fourth-order valence-electron chi connectivity index (χ4n) is 1.49. The van der Waals surface area contributed by atoms with Crippen molar-refractivity contribution in [2.45, 2.75) is 6.92 Å². The molecule has 0 aliphatic heterocycles. The van der Waals surface area contributed by atoms with Gasteiger partial charge in [-0.1, -0.05) is 12.1 Å². The molecule has 1 N–H and O–H groups in total. The molecular formula is C12H12BrN3O. The lowest BCUT2D eigenvalue weighted by molar-refractivity contribution is 0.102. The Morgan fingerprint density at radius 2 is 2.18 bits per heavy atom. The average Bonchev–Trinajstić information content (AvgIpc) is 2.68. The van der Waals surface area contributed by atoms with Gasteiger partial charge in [-0.3, -0.25) is 9.48 Å². The summed E-state index contributed by atoms with van der Waals surface area (Å²) in [5, 5.41) is 6.84. The van der Waals surface area contributed by atoms with E-state index in [0.29, 0.717) is 11.4 Å². The van der Waals surface area contributed by atoms with Gasteiger partial charge in [0.05, 0.1) is 5.56 Å². The van der Waals surface area contributed by atoms with Crippen LogP contribution in [0.1, 0.15) is 15.9 Å². The molecule has 2 aromatic rings. The maximum absolute atomic E-state index is 12.0. The van der Waals surface area contributed by atoms with Gasteiger partial charge in [0.25, 0.3) is 5.91 Å². The summed E-state index contributed by atoms with van der Waals surface area (Å²) >= 11 is 3.41. The van der Waals surface area contributed by atoms with Crippen LogP contribution in [-0.2, 0) is 7.05 Å². The number of hydrogen-bond donors (Lipinski definition) is 1. The molecular weight excluding hydrogens is 282 g/mol. The first-order valence-corrected chi connectivity index (χ1v) is 5.93. The molecule has 1 aromatic heterocycles. The summed E-state index contributed by atoms with van der Waals surface area (Å²) in [6, 6.07) is 7.33. The molecule has 88 valence electrons. The van der Waals surface area contributed by atoms with E-state index in [1.165, 1.54) is 0 Å². The second-order valence-corrected chi connectivity index (χ2v) is 4.56. The molecule has 0 aliphatic carbocycles. The SMILES string of the molecule is Cc1cccc(C(=O)Nc2ccn(C)n2)c1Br. The molecule has 0 radical (unpaired) electrons. The van der Waals surface area contributed by atoms with Gasteiger partial charge >= 0.3 is 0 Å². The second kappa shape index (κ2) is 4.71. The van der Waals surface area contributed by atoms with Gasteiger partial charge < -0.3 is 5.32 Å². The zero-order valence-electron chi connectivity index (χ0n) is 9.57. The highest BCUT2D eigenvalue weighted by Crippen LogP contribution is 2.21. The van der Waals surface area contributed by atoms with Crippen molar-refractivity contribution in [2.24, 2.45) is 7.05 Å². The van der Waals surface area contributed by atoms with E-state index < -0.39 is 0 Å². The summed E-state index contributed by atoms with van der Waals surface area (Å²) in [6.45, 7) is 1.95. The van der Waals surface area contributed by atoms with Crippen LogP contribution in [0.15, 0.2) is 34.9 Å². The van der Waals surface area contributed by atoms with Crippen LogP contribution in [0.3, 0.4) is 0 Å². The third-order valence-electron chi connectivity index (χ3n) is 2.39. The average molecular weight is 294 g/mol. The first-order valence-electron chi connectivity index (χ1n) is 5.14. The molecule has 4 nitrogen and oxygen atoms in total. The van der Waals surface area contributed by atoms with E-state index in [0.717, 1.165) is 10.0 Å². The summed E-state index contributed by atoms with van der Waals surface area (Å²) < 4.78 is 2.45. The number of carbonyl (C=O) groups excluding carboxylic acids is 1. The lowest BCUT2D eigenvalue weighted by atomic mass is 10.1. The minimum absolute atomic E-state index is 0.167. The summed E-state index contributed by atoms with van der Waals surface area (Å²) in [5.41, 5.74) is 1.63. The van der Waals surface area contributed by atoms with Crippen LogP contribution < -0.4 is 5.32 Å². The van der Waals surface area contributed by atoms with E-state index in [9.17, 15) is 4.79 Å². The number of amides is 1. The Morgan fingerprint density at radius 3 is 2.82 bits per heavy atom. The Hall–Kier alpha value is -1.62. The van der Waals surface area contributed by atoms with E-state index >= 15 is 0 Å². The maximum atomic E-state index is 12.0. The van der Waals surface area contributed by atoms with E-state index in [1.807, 2.05) is 19.1 Å². The normalized spacial score (nSPS) is 10.3. The van der Waals surface area contributed by atoms with Gasteiger partial charge in [-0.15, -0.1) is 0 Å². The summed E-state index contributed by atoms with van der Waals surface area (Å²) in [4.78, 5) is 12.0. The zero-order valence-corrected chi connectivity index (χ0v) is 11.2. The third kappa shape index (κ3) is 2.55. The third-order valence-corrected chi connectivity index (χ3v) is 3.44. The summed E-state index contributed by atoms with van der Waals surface area (Å²) in [7, 11) is 1.80. The van der Waals surface area contributed by atoms with Crippen LogP contribution in [0.5, 0.6) is 0 Å². The van der Waals surface area contributed by atoms with Gasteiger partial charge in [0.15, 0.2) is 5.82 Å². The summed E-state index contributed by atoms with van der Waals surface area (Å²) in [6.07, 6.45) is 1.78. The largest absolute Gasteiger partial charge is 0.305 e. The number of rotatable bonds is 2. The van der Waals surface area contributed by atoms with Gasteiger partial charge in [-0.2, -0.15) is 5.10 Å². The number of halogens is 1. The Morgan fingerprint density at radius 1 is 1.41 bits per heavy atom. The fraction of sp³-hybridized carbons (Fsp3) is 0.167. The Bertz CT molecular complexity index is 563. The molecule has 1 aromatic carbocycles. The molecule has 0 unspecified atom stereocenters. The number of aryl methyl sites for hydroxylation is 2. The van der Waals surface area contributed by atoms with Gasteiger partial charge in [-0.05, 0) is 34.5 Å². The van der Waals surface area contributed by atoms with Crippen molar-refractivity contribution in [3.8, 4) is 0 Å². The number of nitrogens with zero attached hydrogens (tertiary/aromatic N) is 2. The molecule has 5 heteroatoms. The van der Waals surface area contributed by atoms with Crippen LogP contribution in [-0.4, -0.2) is 15.7 Å². The van der Waals surface area contributed by atoms with E-state index in [1.54, 1.807) is 30.1 Å². The molecule has 17 heavy (non-hydrogen) atoms. The number of benzene rings is 1. The number of carbonyl (C=O) groups is 1. The first-order chi connectivity index (χ1) is 8.08. The number of hydrogen-bond acceptors (Lipinski definition) is 2. The van der Waals surface area contributed by atoms with Crippen molar-refractivity contribution in [3.63, 3.8) is 0 Å². The molecule has 0 atom stereocenters. The minimum atomic E-state index is -0.167. The van der Waals surface area contributed by atoms with E-state index in [-0.39, 0.29) is 5.91 Å². The summed E-state index contributed by atoms with van der Waals surface area (Å²) in [5.74, 6) is 0.380. The molecule has 0 saturated carbocycles. The molecule has 0 bridgehead atoms. The lowest BCUT2D eigenvalue weighted by Crippen LogP contribution is -2.13. The first kappa shape index (κ1) is 11.9. The van der Waals surface area contributed by atoms with Crippen molar-refractivity contribution in [3.05, 3.63) is 46.1 Å². The lowest BCUT2D eigenvalue weighted by Gasteiger charge is -2.06. The molecule has 2 rings (SSSR count). The predicted molar refractivity (Wildman–Crippen MR) is 70.0 cm³/mol. The smallest absolute Gasteiger partial charge is 0.258 e. The van der Waals surface area contributed by atoms with Crippen molar-refractivity contribution in [2.75, 3.05) is 5.32 Å². The zero-order chi connectivity index (χ0) is 12.4. The van der Waals surface area contributed by atoms with Crippen molar-refractivity contribution in [1.82, 2.24) is 9.78 Å². The monoisotopic (exact) mass is 293 g/mol. The Balaban J connectivity index is 2.23. The van der Waals surface area contributed by atoms with E-state index in [4.69, 9.17) is 0 Å². The quantitative estimate of drug-likeness (QED) is 0.925. The van der Waals surface area contributed by atoms with Crippen molar-refractivity contribution in [1.29, 1.82) is 0 Å². The molecule has 0 spiro atoms. The van der Waals surface area contributed by atoms with Crippen LogP contribution in [0.2, 0.25) is 0 Å². The standard InChI is InChI=1S/C12H12BrN3O/c1-8-4-3-5-9(11(8)13)12(17)14-10-6-7-16(2)15-10/h3-7H,1-2H3,(H,14,15,17). The fourth-order valence-corrected chi connectivity index (χ4v) is 1.93. The van der Waals surface area contributed by atoms with Gasteiger partial charge in [0, 0.05) is 23.8 Å². The highest BCUT2D eigenvalue weighted by molar-refractivity contribution is 9.10. The molecule has 0 saturated heterocycles. The highest BCUT2D eigenvalue weighted by Gasteiger charge is 2.12. The van der Waals surface area contributed by atoms with Gasteiger partial charge in [0.1, 0.15) is 0 Å². The van der Waals surface area contributed by atoms with Crippen LogP contribution >= 0.6 is 15.9 Å². The Labute approximate surface area is 108 Å². The highest BCUT2D eigenvalue weighted by atomic mass is 79.9. The number of anilines is 1. The van der Waals surface area contributed by atoms with Crippen molar-refractivity contribution >= 4 is 27.7 Å². The molecule has 0 aliphatic rings.